The Kier molecular flexibility index (Phi) is 6.05. The molecule has 0 aliphatic rings. The summed E-state index contributed by atoms with van der Waals surface area (Å²) in [6.45, 7) is 0. The van der Waals surface area contributed by atoms with Crippen molar-refractivity contribution in [3.63, 3.8) is 0 Å². The summed E-state index contributed by atoms with van der Waals surface area (Å²) in [5.74, 6) is 3.24. The second-order valence-electron chi connectivity index (χ2n) is 5.23. The van der Waals surface area contributed by atoms with Gasteiger partial charge in [0.15, 0.2) is 0 Å². The van der Waals surface area contributed by atoms with E-state index in [4.69, 9.17) is 18.6 Å². The van der Waals surface area contributed by atoms with Crippen LogP contribution in [-0.2, 0) is 5.75 Å². The van der Waals surface area contributed by atoms with Crippen LogP contribution in [0.2, 0.25) is 0 Å². The van der Waals surface area contributed by atoms with E-state index in [0.717, 1.165) is 21.3 Å². The van der Waals surface area contributed by atoms with Gasteiger partial charge in [-0.05, 0) is 45.8 Å². The van der Waals surface area contributed by atoms with Crippen LogP contribution >= 0.6 is 27.7 Å². The summed E-state index contributed by atoms with van der Waals surface area (Å²) >= 11 is 4.95. The van der Waals surface area contributed by atoms with Crippen LogP contribution in [0.4, 0.5) is 0 Å². The predicted molar refractivity (Wildman–Crippen MR) is 103 cm³/mol. The lowest BCUT2D eigenvalue weighted by molar-refractivity contribution is 0.394. The highest BCUT2D eigenvalue weighted by Gasteiger charge is 2.12. The van der Waals surface area contributed by atoms with E-state index in [-0.39, 0.29) is 0 Å². The molecule has 0 saturated carbocycles. The zero-order valence-corrected chi connectivity index (χ0v) is 16.9. The minimum atomic E-state index is 0.417. The molecule has 6 nitrogen and oxygen atoms in total. The van der Waals surface area contributed by atoms with Crippen molar-refractivity contribution in [1.82, 2.24) is 10.2 Å². The molecule has 0 radical (unpaired) electrons. The Morgan fingerprint density at radius 3 is 2.31 bits per heavy atom. The van der Waals surface area contributed by atoms with Gasteiger partial charge in [-0.1, -0.05) is 17.8 Å². The summed E-state index contributed by atoms with van der Waals surface area (Å²) in [7, 11) is 4.84. The second-order valence-corrected chi connectivity index (χ2v) is 7.01. The summed E-state index contributed by atoms with van der Waals surface area (Å²) in [4.78, 5) is 0. The van der Waals surface area contributed by atoms with Crippen LogP contribution in [0, 0.1) is 0 Å². The van der Waals surface area contributed by atoms with Crippen molar-refractivity contribution in [3.8, 4) is 28.7 Å². The van der Waals surface area contributed by atoms with E-state index in [0.29, 0.717) is 28.4 Å². The molecule has 0 spiro atoms. The summed E-state index contributed by atoms with van der Waals surface area (Å²) in [6, 6.07) is 11.4. The van der Waals surface area contributed by atoms with Gasteiger partial charge in [0.2, 0.25) is 5.89 Å². The fourth-order valence-electron chi connectivity index (χ4n) is 2.26. The van der Waals surface area contributed by atoms with Crippen LogP contribution in [0.25, 0.3) is 11.5 Å². The molecule has 0 aliphatic heterocycles. The average molecular weight is 437 g/mol. The first-order valence-electron chi connectivity index (χ1n) is 7.65. The van der Waals surface area contributed by atoms with Crippen molar-refractivity contribution < 1.29 is 18.6 Å². The van der Waals surface area contributed by atoms with E-state index in [1.807, 2.05) is 30.3 Å². The van der Waals surface area contributed by atoms with Gasteiger partial charge in [-0.15, -0.1) is 10.2 Å². The van der Waals surface area contributed by atoms with Crippen molar-refractivity contribution in [2.24, 2.45) is 0 Å². The Balaban J connectivity index is 1.73. The lowest BCUT2D eigenvalue weighted by atomic mass is 10.2. The largest absolute Gasteiger partial charge is 0.497 e. The minimum Gasteiger partial charge on any atom is -0.497 e. The Morgan fingerprint density at radius 2 is 1.69 bits per heavy atom. The van der Waals surface area contributed by atoms with E-state index in [9.17, 15) is 0 Å². The third-order valence-corrected chi connectivity index (χ3v) is 5.09. The van der Waals surface area contributed by atoms with Gasteiger partial charge in [0.05, 0.1) is 25.8 Å². The zero-order valence-electron chi connectivity index (χ0n) is 14.5. The second kappa shape index (κ2) is 8.46. The predicted octanol–water partition coefficient (Wildman–Crippen LogP) is 4.82. The van der Waals surface area contributed by atoms with Crippen molar-refractivity contribution in [2.75, 3.05) is 21.3 Å². The monoisotopic (exact) mass is 436 g/mol. The molecule has 3 aromatic rings. The summed E-state index contributed by atoms with van der Waals surface area (Å²) in [6.07, 6.45) is 0. The van der Waals surface area contributed by atoms with Crippen LogP contribution in [0.1, 0.15) is 5.56 Å². The highest BCUT2D eigenvalue weighted by molar-refractivity contribution is 9.10. The smallest absolute Gasteiger partial charge is 0.277 e. The Morgan fingerprint density at radius 1 is 0.962 bits per heavy atom. The first kappa shape index (κ1) is 18.6. The number of hydrogen-bond acceptors (Lipinski definition) is 7. The highest BCUT2D eigenvalue weighted by atomic mass is 79.9. The number of thioether (sulfide) groups is 1. The van der Waals surface area contributed by atoms with Gasteiger partial charge in [-0.25, -0.2) is 0 Å². The number of rotatable bonds is 7. The first-order valence-corrected chi connectivity index (χ1v) is 9.43. The third kappa shape index (κ3) is 4.31. The molecule has 0 unspecified atom stereocenters. The normalized spacial score (nSPS) is 10.6. The molecule has 1 aromatic heterocycles. The van der Waals surface area contributed by atoms with E-state index in [2.05, 4.69) is 26.1 Å². The fourth-order valence-corrected chi connectivity index (χ4v) is 3.55. The van der Waals surface area contributed by atoms with Crippen molar-refractivity contribution in [3.05, 3.63) is 46.4 Å². The quantitative estimate of drug-likeness (QED) is 0.491. The Labute approximate surface area is 164 Å². The highest BCUT2D eigenvalue weighted by Crippen LogP contribution is 2.32. The molecule has 136 valence electrons. The van der Waals surface area contributed by atoms with E-state index in [1.54, 1.807) is 27.4 Å². The van der Waals surface area contributed by atoms with Crippen molar-refractivity contribution >= 4 is 27.7 Å². The Bertz CT molecular complexity index is 878. The van der Waals surface area contributed by atoms with E-state index >= 15 is 0 Å². The molecule has 3 rings (SSSR count). The number of ether oxygens (including phenoxy) is 3. The maximum absolute atomic E-state index is 5.76. The van der Waals surface area contributed by atoms with Gasteiger partial charge in [0.1, 0.15) is 17.2 Å². The maximum Gasteiger partial charge on any atom is 0.277 e. The molecule has 2 aromatic carbocycles. The minimum absolute atomic E-state index is 0.417. The Hall–Kier alpha value is -2.19. The molecule has 0 amide bonds. The molecule has 0 aliphatic carbocycles. The number of hydrogen-bond donors (Lipinski definition) is 0. The third-order valence-electron chi connectivity index (χ3n) is 3.58. The van der Waals surface area contributed by atoms with Crippen molar-refractivity contribution in [1.29, 1.82) is 0 Å². The van der Waals surface area contributed by atoms with Gasteiger partial charge < -0.3 is 18.6 Å². The van der Waals surface area contributed by atoms with Crippen LogP contribution in [0.15, 0.2) is 50.5 Å². The molecule has 0 atom stereocenters. The van der Waals surface area contributed by atoms with Crippen LogP contribution in [0.5, 0.6) is 17.2 Å². The number of aromatic nitrogens is 2. The first-order chi connectivity index (χ1) is 12.6. The fraction of sp³-hybridized carbons (Fsp3) is 0.222. The van der Waals surface area contributed by atoms with Crippen LogP contribution < -0.4 is 14.2 Å². The molecule has 0 bridgehead atoms. The number of methoxy groups -OCH3 is 3. The van der Waals surface area contributed by atoms with Gasteiger partial charge in [0.25, 0.3) is 5.22 Å². The van der Waals surface area contributed by atoms with E-state index < -0.39 is 0 Å². The lowest BCUT2D eigenvalue weighted by Crippen LogP contribution is -1.88. The maximum atomic E-state index is 5.76. The van der Waals surface area contributed by atoms with Gasteiger partial charge in [0, 0.05) is 17.4 Å². The molecule has 26 heavy (non-hydrogen) atoms. The summed E-state index contributed by atoms with van der Waals surface area (Å²) in [5, 5.41) is 8.71. The topological polar surface area (TPSA) is 66.6 Å². The van der Waals surface area contributed by atoms with Gasteiger partial charge >= 0.3 is 0 Å². The molecular formula is C18H17BrN2O4S. The van der Waals surface area contributed by atoms with Gasteiger partial charge in [-0.2, -0.15) is 0 Å². The average Bonchev–Trinajstić information content (AvgIpc) is 3.15. The lowest BCUT2D eigenvalue weighted by Gasteiger charge is -2.06. The molecule has 8 heteroatoms. The molecule has 0 fully saturated rings. The SMILES string of the molecule is COc1cc(OC)cc(-c2nnc(SCc3ccc(OC)c(Br)c3)o2)c1. The summed E-state index contributed by atoms with van der Waals surface area (Å²) in [5.41, 5.74) is 1.86. The molecule has 0 N–H and O–H groups in total. The van der Waals surface area contributed by atoms with E-state index in [1.165, 1.54) is 11.8 Å². The van der Waals surface area contributed by atoms with Crippen LogP contribution in [0.3, 0.4) is 0 Å². The van der Waals surface area contributed by atoms with Gasteiger partial charge in [-0.3, -0.25) is 0 Å². The molecule has 0 saturated heterocycles. The number of benzene rings is 2. The standard InChI is InChI=1S/C18H17BrN2O4S/c1-22-13-7-12(8-14(9-13)23-2)17-20-21-18(25-17)26-10-11-4-5-16(24-3)15(19)6-11/h4-9H,10H2,1-3H3. The zero-order chi connectivity index (χ0) is 18.5. The van der Waals surface area contributed by atoms with Crippen molar-refractivity contribution in [2.45, 2.75) is 11.0 Å². The number of halogens is 1. The molecular weight excluding hydrogens is 420 g/mol. The molecule has 1 heterocycles. The van der Waals surface area contributed by atoms with Crippen LogP contribution in [-0.4, -0.2) is 31.5 Å². The number of nitrogens with zero attached hydrogens (tertiary/aromatic N) is 2. The summed E-state index contributed by atoms with van der Waals surface area (Å²) < 4.78 is 22.4.